The van der Waals surface area contributed by atoms with Crippen LogP contribution in [0.25, 0.3) is 0 Å². The molecule has 24 heavy (non-hydrogen) atoms. The van der Waals surface area contributed by atoms with Gasteiger partial charge in [-0.05, 0) is 24.6 Å². The number of ether oxygens (including phenoxy) is 1. The number of halogens is 4. The normalized spacial score (nSPS) is 17.3. The minimum Gasteiger partial charge on any atom is -0.454 e. The maximum absolute atomic E-state index is 12.7. The number of rotatable bonds is 4. The van der Waals surface area contributed by atoms with Crippen LogP contribution in [0.2, 0.25) is 5.02 Å². The van der Waals surface area contributed by atoms with Crippen molar-refractivity contribution >= 4 is 35.1 Å². The Morgan fingerprint density at radius 3 is 2.67 bits per heavy atom. The molecule has 1 atom stereocenters. The van der Waals surface area contributed by atoms with Crippen LogP contribution in [-0.4, -0.2) is 30.4 Å². The van der Waals surface area contributed by atoms with E-state index < -0.39 is 41.3 Å². The standard InChI is InChI=1S/C14H12ClF3N2O4/c15-9-2-1-7(5-8(9)14(16,17)18)19-12(22)6-24-13(23)10-3-4-11(21)20-10/h1-2,5,10H,3-4,6H2,(H,19,22)(H,20,21)/t10-/m1/s1. The van der Waals surface area contributed by atoms with Gasteiger partial charge in [-0.25, -0.2) is 4.79 Å². The molecule has 0 bridgehead atoms. The number of amides is 2. The third-order valence-electron chi connectivity index (χ3n) is 3.18. The molecule has 2 amide bonds. The molecule has 0 aromatic heterocycles. The molecular weight excluding hydrogens is 353 g/mol. The average Bonchev–Trinajstić information content (AvgIpc) is 2.92. The van der Waals surface area contributed by atoms with E-state index in [0.29, 0.717) is 6.07 Å². The van der Waals surface area contributed by atoms with Gasteiger partial charge in [-0.15, -0.1) is 0 Å². The molecule has 0 spiro atoms. The number of carbonyl (C=O) groups excluding carboxylic acids is 3. The molecule has 130 valence electrons. The maximum Gasteiger partial charge on any atom is 0.417 e. The fourth-order valence-electron chi connectivity index (χ4n) is 2.05. The molecule has 1 fully saturated rings. The second-order valence-corrected chi connectivity index (χ2v) is 5.41. The van der Waals surface area contributed by atoms with Crippen molar-refractivity contribution in [3.05, 3.63) is 28.8 Å². The van der Waals surface area contributed by atoms with Crippen LogP contribution in [-0.2, 0) is 25.3 Å². The predicted octanol–water partition coefficient (Wildman–Crippen LogP) is 2.12. The summed E-state index contributed by atoms with van der Waals surface area (Å²) >= 11 is 5.47. The van der Waals surface area contributed by atoms with Gasteiger partial charge in [0, 0.05) is 12.1 Å². The number of anilines is 1. The fourth-order valence-corrected chi connectivity index (χ4v) is 2.27. The smallest absolute Gasteiger partial charge is 0.417 e. The van der Waals surface area contributed by atoms with Gasteiger partial charge in [0.2, 0.25) is 5.91 Å². The zero-order chi connectivity index (χ0) is 17.9. The number of hydrogen-bond acceptors (Lipinski definition) is 4. The van der Waals surface area contributed by atoms with Gasteiger partial charge in [0.15, 0.2) is 6.61 Å². The van der Waals surface area contributed by atoms with Crippen LogP contribution < -0.4 is 10.6 Å². The van der Waals surface area contributed by atoms with E-state index in [0.717, 1.165) is 6.07 Å². The van der Waals surface area contributed by atoms with Crippen molar-refractivity contribution in [3.63, 3.8) is 0 Å². The molecule has 1 aromatic rings. The van der Waals surface area contributed by atoms with Gasteiger partial charge in [-0.3, -0.25) is 9.59 Å². The van der Waals surface area contributed by atoms with Crippen molar-refractivity contribution in [2.45, 2.75) is 25.1 Å². The van der Waals surface area contributed by atoms with E-state index in [9.17, 15) is 27.6 Å². The minimum atomic E-state index is -4.66. The van der Waals surface area contributed by atoms with E-state index in [1.165, 1.54) is 6.07 Å². The van der Waals surface area contributed by atoms with Crippen LogP contribution in [0.5, 0.6) is 0 Å². The van der Waals surface area contributed by atoms with Gasteiger partial charge in [-0.2, -0.15) is 13.2 Å². The molecule has 6 nitrogen and oxygen atoms in total. The highest BCUT2D eigenvalue weighted by atomic mass is 35.5. The third-order valence-corrected chi connectivity index (χ3v) is 3.51. The molecule has 1 aliphatic rings. The summed E-state index contributed by atoms with van der Waals surface area (Å²) in [4.78, 5) is 34.2. The molecule has 1 saturated heterocycles. The van der Waals surface area contributed by atoms with Gasteiger partial charge < -0.3 is 15.4 Å². The van der Waals surface area contributed by atoms with Crippen molar-refractivity contribution in [1.29, 1.82) is 0 Å². The highest BCUT2D eigenvalue weighted by Crippen LogP contribution is 2.36. The van der Waals surface area contributed by atoms with Crippen molar-refractivity contribution < 1.29 is 32.3 Å². The molecule has 1 aromatic carbocycles. The lowest BCUT2D eigenvalue weighted by Gasteiger charge is -2.12. The minimum absolute atomic E-state index is 0.137. The van der Waals surface area contributed by atoms with E-state index in [2.05, 4.69) is 10.6 Å². The van der Waals surface area contributed by atoms with Crippen LogP contribution in [0.3, 0.4) is 0 Å². The number of carbonyl (C=O) groups is 3. The van der Waals surface area contributed by atoms with Crippen molar-refractivity contribution in [1.82, 2.24) is 5.32 Å². The Kier molecular flexibility index (Phi) is 5.33. The molecule has 2 N–H and O–H groups in total. The first-order valence-electron chi connectivity index (χ1n) is 6.79. The Balaban J connectivity index is 1.91. The summed E-state index contributed by atoms with van der Waals surface area (Å²) in [5.74, 6) is -1.88. The second-order valence-electron chi connectivity index (χ2n) is 5.01. The summed E-state index contributed by atoms with van der Waals surface area (Å²) in [5, 5.41) is 4.05. The van der Waals surface area contributed by atoms with Crippen LogP contribution in [0.4, 0.5) is 18.9 Å². The highest BCUT2D eigenvalue weighted by Gasteiger charge is 2.33. The quantitative estimate of drug-likeness (QED) is 0.801. The lowest BCUT2D eigenvalue weighted by molar-refractivity contribution is -0.149. The van der Waals surface area contributed by atoms with Crippen molar-refractivity contribution in [2.75, 3.05) is 11.9 Å². The molecule has 0 aliphatic carbocycles. The molecule has 2 rings (SSSR count). The Morgan fingerprint density at radius 1 is 1.38 bits per heavy atom. The summed E-state index contributed by atoms with van der Waals surface area (Å²) in [6.07, 6.45) is -4.20. The summed E-state index contributed by atoms with van der Waals surface area (Å²) in [5.41, 5.74) is -1.23. The van der Waals surface area contributed by atoms with Gasteiger partial charge in [0.25, 0.3) is 5.91 Å². The topological polar surface area (TPSA) is 84.5 Å². The number of esters is 1. The van der Waals surface area contributed by atoms with Gasteiger partial charge in [0.05, 0.1) is 10.6 Å². The first-order valence-corrected chi connectivity index (χ1v) is 7.17. The highest BCUT2D eigenvalue weighted by molar-refractivity contribution is 6.31. The molecule has 0 saturated carbocycles. The fraction of sp³-hybridized carbons (Fsp3) is 0.357. The first-order chi connectivity index (χ1) is 11.2. The van der Waals surface area contributed by atoms with Crippen LogP contribution in [0.15, 0.2) is 18.2 Å². The Morgan fingerprint density at radius 2 is 2.08 bits per heavy atom. The monoisotopic (exact) mass is 364 g/mol. The van der Waals surface area contributed by atoms with Crippen molar-refractivity contribution in [2.24, 2.45) is 0 Å². The summed E-state index contributed by atoms with van der Waals surface area (Å²) < 4.78 is 42.9. The largest absolute Gasteiger partial charge is 0.454 e. The lowest BCUT2D eigenvalue weighted by Crippen LogP contribution is -2.36. The van der Waals surface area contributed by atoms with E-state index in [-0.39, 0.29) is 24.4 Å². The predicted molar refractivity (Wildman–Crippen MR) is 77.2 cm³/mol. The van der Waals surface area contributed by atoms with Crippen LogP contribution in [0, 0.1) is 0 Å². The van der Waals surface area contributed by atoms with Crippen LogP contribution in [0.1, 0.15) is 18.4 Å². The first kappa shape index (κ1) is 18.1. The number of benzene rings is 1. The van der Waals surface area contributed by atoms with E-state index >= 15 is 0 Å². The number of nitrogens with one attached hydrogen (secondary N) is 2. The average molecular weight is 365 g/mol. The molecule has 10 heteroatoms. The second kappa shape index (κ2) is 7.08. The van der Waals surface area contributed by atoms with Crippen molar-refractivity contribution in [3.8, 4) is 0 Å². The zero-order valence-electron chi connectivity index (χ0n) is 12.1. The Bertz CT molecular complexity index is 678. The van der Waals surface area contributed by atoms with Gasteiger partial charge in [0.1, 0.15) is 6.04 Å². The Labute approximate surface area is 139 Å². The summed E-state index contributed by atoms with van der Waals surface area (Å²) in [6.45, 7) is -0.685. The molecular formula is C14H12ClF3N2O4. The molecule has 1 heterocycles. The summed E-state index contributed by atoms with van der Waals surface area (Å²) in [6, 6.07) is 2.06. The number of hydrogen-bond donors (Lipinski definition) is 2. The summed E-state index contributed by atoms with van der Waals surface area (Å²) in [7, 11) is 0. The van der Waals surface area contributed by atoms with E-state index in [1.54, 1.807) is 0 Å². The zero-order valence-corrected chi connectivity index (χ0v) is 12.8. The third kappa shape index (κ3) is 4.60. The molecule has 0 unspecified atom stereocenters. The Hall–Kier alpha value is -2.29. The van der Waals surface area contributed by atoms with E-state index in [4.69, 9.17) is 16.3 Å². The molecule has 1 aliphatic heterocycles. The van der Waals surface area contributed by atoms with Crippen LogP contribution >= 0.6 is 11.6 Å². The SMILES string of the molecule is O=C(COC(=O)[C@H]1CCC(=O)N1)Nc1ccc(Cl)c(C(F)(F)F)c1. The molecule has 0 radical (unpaired) electrons. The lowest BCUT2D eigenvalue weighted by atomic mass is 10.2. The number of alkyl halides is 3. The van der Waals surface area contributed by atoms with E-state index in [1.807, 2.05) is 0 Å². The van der Waals surface area contributed by atoms with Gasteiger partial charge in [-0.1, -0.05) is 11.6 Å². The van der Waals surface area contributed by atoms with Gasteiger partial charge >= 0.3 is 12.1 Å². The maximum atomic E-state index is 12.7.